The number of nitrogens with zero attached hydrogens (tertiary/aromatic N) is 1. The molecule has 0 saturated carbocycles. The van der Waals surface area contributed by atoms with Crippen LogP contribution in [0.25, 0.3) is 0 Å². The molecule has 1 fully saturated rings. The predicted molar refractivity (Wildman–Crippen MR) is 86.0 cm³/mol. The first-order valence-electron chi connectivity index (χ1n) is 7.83. The molecule has 3 atom stereocenters. The van der Waals surface area contributed by atoms with Gasteiger partial charge in [0.2, 0.25) is 0 Å². The summed E-state index contributed by atoms with van der Waals surface area (Å²) < 4.78 is 13.1. The van der Waals surface area contributed by atoms with Gasteiger partial charge >= 0.3 is 0 Å². The van der Waals surface area contributed by atoms with E-state index >= 15 is 0 Å². The molecule has 1 aliphatic heterocycles. The Morgan fingerprint density at radius 2 is 1.73 bits per heavy atom. The maximum absolute atomic E-state index is 13.1. The molecule has 0 spiro atoms. The van der Waals surface area contributed by atoms with E-state index in [0.29, 0.717) is 12.5 Å². The maximum atomic E-state index is 13.1. The third-order valence-corrected chi connectivity index (χ3v) is 4.52. The molecule has 22 heavy (non-hydrogen) atoms. The number of β-amino-alcohol motifs (C(OH)–C–C–N with tert-alkyl or cyclic N) is 1. The highest BCUT2D eigenvalue weighted by atomic mass is 19.1. The van der Waals surface area contributed by atoms with Gasteiger partial charge in [0.15, 0.2) is 0 Å². The Kier molecular flexibility index (Phi) is 4.55. The van der Waals surface area contributed by atoms with Gasteiger partial charge in [-0.15, -0.1) is 0 Å². The third-order valence-electron chi connectivity index (χ3n) is 4.52. The molecule has 2 aromatic rings. The first-order valence-corrected chi connectivity index (χ1v) is 7.83. The normalized spacial score (nSPS) is 26.0. The van der Waals surface area contributed by atoms with Crippen LogP contribution >= 0.6 is 0 Å². The minimum atomic E-state index is -0.419. The first kappa shape index (κ1) is 15.2. The Labute approximate surface area is 131 Å². The minimum absolute atomic E-state index is 0.0765. The van der Waals surface area contributed by atoms with E-state index in [1.165, 1.54) is 17.7 Å². The number of hydrogen-bond acceptors (Lipinski definition) is 2. The molecule has 0 bridgehead atoms. The van der Waals surface area contributed by atoms with Gasteiger partial charge < -0.3 is 5.11 Å². The molecule has 0 aromatic heterocycles. The molecule has 1 heterocycles. The van der Waals surface area contributed by atoms with E-state index in [1.54, 1.807) is 12.1 Å². The molecule has 116 valence electrons. The quantitative estimate of drug-likeness (QED) is 0.938. The number of rotatable bonds is 3. The van der Waals surface area contributed by atoms with E-state index in [-0.39, 0.29) is 11.7 Å². The number of benzene rings is 2. The fourth-order valence-corrected chi connectivity index (χ4v) is 3.56. The van der Waals surface area contributed by atoms with Crippen molar-refractivity contribution in [2.45, 2.75) is 25.5 Å². The average molecular weight is 299 g/mol. The second-order valence-electron chi connectivity index (χ2n) is 6.30. The van der Waals surface area contributed by atoms with Gasteiger partial charge in [-0.2, -0.15) is 0 Å². The molecule has 3 rings (SSSR count). The van der Waals surface area contributed by atoms with Crippen LogP contribution in [0.3, 0.4) is 0 Å². The Hall–Kier alpha value is -1.71. The SMILES string of the molecule is CC1CN(Cc2ccccc2)CC(O)C1c1ccc(F)cc1. The highest BCUT2D eigenvalue weighted by molar-refractivity contribution is 5.24. The Morgan fingerprint density at radius 1 is 1.05 bits per heavy atom. The highest BCUT2D eigenvalue weighted by Crippen LogP contribution is 2.33. The smallest absolute Gasteiger partial charge is 0.123 e. The molecule has 0 aliphatic carbocycles. The van der Waals surface area contributed by atoms with Crippen molar-refractivity contribution in [3.63, 3.8) is 0 Å². The van der Waals surface area contributed by atoms with Crippen LogP contribution in [0.5, 0.6) is 0 Å². The lowest BCUT2D eigenvalue weighted by atomic mass is 9.79. The Balaban J connectivity index is 1.70. The predicted octanol–water partition coefficient (Wildman–Crippen LogP) is 3.42. The van der Waals surface area contributed by atoms with Crippen LogP contribution in [0, 0.1) is 11.7 Å². The van der Waals surface area contributed by atoms with Crippen LogP contribution in [0.2, 0.25) is 0 Å². The van der Waals surface area contributed by atoms with Crippen molar-refractivity contribution in [3.8, 4) is 0 Å². The first-order chi connectivity index (χ1) is 10.6. The summed E-state index contributed by atoms with van der Waals surface area (Å²) in [5, 5.41) is 10.6. The molecule has 1 N–H and O–H groups in total. The fourth-order valence-electron chi connectivity index (χ4n) is 3.56. The Bertz CT molecular complexity index is 587. The summed E-state index contributed by atoms with van der Waals surface area (Å²) in [6.07, 6.45) is -0.419. The van der Waals surface area contributed by atoms with Crippen molar-refractivity contribution in [1.82, 2.24) is 4.90 Å². The van der Waals surface area contributed by atoms with E-state index in [1.807, 2.05) is 18.2 Å². The lowest BCUT2D eigenvalue weighted by molar-refractivity contribution is 0.0194. The van der Waals surface area contributed by atoms with E-state index < -0.39 is 6.10 Å². The van der Waals surface area contributed by atoms with Gasteiger partial charge in [0.25, 0.3) is 0 Å². The van der Waals surface area contributed by atoms with Gasteiger partial charge in [-0.1, -0.05) is 49.4 Å². The van der Waals surface area contributed by atoms with E-state index in [0.717, 1.165) is 18.7 Å². The van der Waals surface area contributed by atoms with Gasteiger partial charge in [0, 0.05) is 25.6 Å². The summed E-state index contributed by atoms with van der Waals surface area (Å²) in [5.41, 5.74) is 2.29. The van der Waals surface area contributed by atoms with E-state index in [9.17, 15) is 9.50 Å². The standard InChI is InChI=1S/C19H22FNO/c1-14-11-21(12-15-5-3-2-4-6-15)13-18(22)19(14)16-7-9-17(20)10-8-16/h2-10,14,18-19,22H,11-13H2,1H3. The molecule has 2 aromatic carbocycles. The maximum Gasteiger partial charge on any atom is 0.123 e. The molecule has 3 unspecified atom stereocenters. The zero-order valence-electron chi connectivity index (χ0n) is 12.8. The topological polar surface area (TPSA) is 23.5 Å². The molecule has 3 heteroatoms. The lowest BCUT2D eigenvalue weighted by Crippen LogP contribution is -2.46. The van der Waals surface area contributed by atoms with Crippen molar-refractivity contribution in [2.24, 2.45) is 5.92 Å². The second-order valence-corrected chi connectivity index (χ2v) is 6.30. The average Bonchev–Trinajstić information content (AvgIpc) is 2.49. The van der Waals surface area contributed by atoms with Crippen LogP contribution in [0.1, 0.15) is 24.0 Å². The summed E-state index contributed by atoms with van der Waals surface area (Å²) in [4.78, 5) is 2.30. The summed E-state index contributed by atoms with van der Waals surface area (Å²) in [6.45, 7) is 4.61. The molecule has 0 radical (unpaired) electrons. The number of hydrogen-bond donors (Lipinski definition) is 1. The number of likely N-dealkylation sites (tertiary alicyclic amines) is 1. The summed E-state index contributed by atoms with van der Waals surface area (Å²) in [5.74, 6) is 0.179. The molecule has 1 saturated heterocycles. The Morgan fingerprint density at radius 3 is 2.36 bits per heavy atom. The van der Waals surface area contributed by atoms with Gasteiger partial charge in [-0.05, 0) is 29.2 Å². The number of piperidine rings is 1. The van der Waals surface area contributed by atoms with Crippen molar-refractivity contribution >= 4 is 0 Å². The highest BCUT2D eigenvalue weighted by Gasteiger charge is 2.34. The second kappa shape index (κ2) is 6.59. The number of aliphatic hydroxyl groups is 1. The van der Waals surface area contributed by atoms with Crippen LogP contribution in [-0.2, 0) is 6.54 Å². The van der Waals surface area contributed by atoms with Crippen molar-refractivity contribution in [1.29, 1.82) is 0 Å². The summed E-state index contributed by atoms with van der Waals surface area (Å²) in [6, 6.07) is 16.9. The minimum Gasteiger partial charge on any atom is -0.391 e. The van der Waals surface area contributed by atoms with Crippen molar-refractivity contribution in [2.75, 3.05) is 13.1 Å². The summed E-state index contributed by atoms with van der Waals surface area (Å²) in [7, 11) is 0. The monoisotopic (exact) mass is 299 g/mol. The van der Waals surface area contributed by atoms with Gasteiger partial charge in [-0.3, -0.25) is 4.90 Å². The summed E-state index contributed by atoms with van der Waals surface area (Å²) >= 11 is 0. The third kappa shape index (κ3) is 3.37. The van der Waals surface area contributed by atoms with Crippen LogP contribution in [0.15, 0.2) is 54.6 Å². The van der Waals surface area contributed by atoms with Gasteiger partial charge in [0.1, 0.15) is 5.82 Å². The van der Waals surface area contributed by atoms with Gasteiger partial charge in [0.05, 0.1) is 6.10 Å². The fraction of sp³-hybridized carbons (Fsp3) is 0.368. The van der Waals surface area contributed by atoms with Gasteiger partial charge in [-0.25, -0.2) is 4.39 Å². The van der Waals surface area contributed by atoms with E-state index in [4.69, 9.17) is 0 Å². The molecule has 1 aliphatic rings. The van der Waals surface area contributed by atoms with Crippen LogP contribution in [0.4, 0.5) is 4.39 Å². The largest absolute Gasteiger partial charge is 0.391 e. The van der Waals surface area contributed by atoms with Crippen molar-refractivity contribution < 1.29 is 9.50 Å². The molecule has 0 amide bonds. The van der Waals surface area contributed by atoms with Crippen molar-refractivity contribution in [3.05, 3.63) is 71.5 Å². The van der Waals surface area contributed by atoms with Crippen LogP contribution < -0.4 is 0 Å². The lowest BCUT2D eigenvalue weighted by Gasteiger charge is -2.40. The van der Waals surface area contributed by atoms with Crippen LogP contribution in [-0.4, -0.2) is 29.2 Å². The molecular formula is C19H22FNO. The number of halogens is 1. The zero-order chi connectivity index (χ0) is 15.5. The molecular weight excluding hydrogens is 277 g/mol. The van der Waals surface area contributed by atoms with E-state index in [2.05, 4.69) is 24.0 Å². The zero-order valence-corrected chi connectivity index (χ0v) is 12.8. The molecule has 2 nitrogen and oxygen atoms in total. The number of aliphatic hydroxyl groups excluding tert-OH is 1.